The molecule has 0 aliphatic rings. The van der Waals surface area contributed by atoms with Gasteiger partial charge in [-0.25, -0.2) is 0 Å². The number of nitrogens with zero attached hydrogens (tertiary/aromatic N) is 1. The Hall–Kier alpha value is -1.17. The van der Waals surface area contributed by atoms with Crippen LogP contribution in [0.25, 0.3) is 0 Å². The van der Waals surface area contributed by atoms with Crippen molar-refractivity contribution in [1.82, 2.24) is 10.2 Å². The number of allylic oxidation sites excluding steroid dienone is 4. The van der Waals surface area contributed by atoms with Gasteiger partial charge in [-0.15, -0.1) is 0 Å². The molecule has 5 heteroatoms. The van der Waals surface area contributed by atoms with E-state index in [0.29, 0.717) is 19.6 Å². The maximum atomic E-state index is 12.4. The molecular formula is C45H88N2O3. The molecule has 0 saturated heterocycles. The monoisotopic (exact) mass is 705 g/mol. The number of amides is 1. The molecule has 50 heavy (non-hydrogen) atoms. The van der Waals surface area contributed by atoms with E-state index in [-0.39, 0.29) is 12.0 Å². The molecule has 0 rings (SSSR count). The highest BCUT2D eigenvalue weighted by Gasteiger charge is 2.12. The van der Waals surface area contributed by atoms with Crippen LogP contribution >= 0.6 is 0 Å². The molecule has 1 N–H and O–H groups in total. The number of unbranched alkanes of at least 4 members (excludes halogenated alkanes) is 24. The molecule has 0 radical (unpaired) electrons. The molecule has 1 amide bonds. The van der Waals surface area contributed by atoms with Crippen LogP contribution in [0.2, 0.25) is 0 Å². The fourth-order valence-corrected chi connectivity index (χ4v) is 6.30. The van der Waals surface area contributed by atoms with Gasteiger partial charge in [-0.3, -0.25) is 4.79 Å². The fourth-order valence-electron chi connectivity index (χ4n) is 6.30. The van der Waals surface area contributed by atoms with Crippen LogP contribution in [0.5, 0.6) is 0 Å². The molecule has 0 aliphatic heterocycles. The van der Waals surface area contributed by atoms with Gasteiger partial charge >= 0.3 is 0 Å². The van der Waals surface area contributed by atoms with Crippen molar-refractivity contribution in [2.24, 2.45) is 0 Å². The lowest BCUT2D eigenvalue weighted by Gasteiger charge is -2.19. The fraction of sp³-hybridized carbons (Fsp3) is 0.889. The summed E-state index contributed by atoms with van der Waals surface area (Å²) >= 11 is 0. The minimum absolute atomic E-state index is 0.0648. The predicted octanol–water partition coefficient (Wildman–Crippen LogP) is 12.9. The summed E-state index contributed by atoms with van der Waals surface area (Å²) in [6, 6.07) is 0. The number of carbonyl (C=O) groups is 1. The van der Waals surface area contributed by atoms with E-state index in [1.807, 2.05) is 14.1 Å². The minimum Gasteiger partial charge on any atom is -0.379 e. The van der Waals surface area contributed by atoms with Crippen LogP contribution in [0.1, 0.15) is 206 Å². The Bertz CT molecular complexity index is 723. The van der Waals surface area contributed by atoms with Crippen molar-refractivity contribution in [2.75, 3.05) is 47.0 Å². The van der Waals surface area contributed by atoms with Gasteiger partial charge in [0.25, 0.3) is 0 Å². The van der Waals surface area contributed by atoms with E-state index in [2.05, 4.69) is 48.4 Å². The van der Waals surface area contributed by atoms with Gasteiger partial charge in [0.05, 0.1) is 12.7 Å². The van der Waals surface area contributed by atoms with Gasteiger partial charge in [-0.2, -0.15) is 0 Å². The largest absolute Gasteiger partial charge is 0.379 e. The second-order valence-corrected chi connectivity index (χ2v) is 15.2. The van der Waals surface area contributed by atoms with Crippen LogP contribution in [0.4, 0.5) is 0 Å². The van der Waals surface area contributed by atoms with Crippen molar-refractivity contribution in [3.05, 3.63) is 24.3 Å². The smallest absolute Gasteiger partial charge is 0.220 e. The summed E-state index contributed by atoms with van der Waals surface area (Å²) in [5.74, 6) is 0.117. The maximum Gasteiger partial charge on any atom is 0.220 e. The first kappa shape index (κ1) is 48.8. The number of ether oxygens (including phenoxy) is 2. The van der Waals surface area contributed by atoms with E-state index in [1.54, 1.807) is 0 Å². The second kappa shape index (κ2) is 42.2. The summed E-state index contributed by atoms with van der Waals surface area (Å²) in [5, 5.41) is 3.10. The third-order valence-corrected chi connectivity index (χ3v) is 9.65. The highest BCUT2D eigenvalue weighted by atomic mass is 16.5. The Morgan fingerprint density at radius 1 is 0.540 bits per heavy atom. The zero-order valence-corrected chi connectivity index (χ0v) is 34.3. The van der Waals surface area contributed by atoms with Crippen LogP contribution in [-0.4, -0.2) is 63.9 Å². The third kappa shape index (κ3) is 41.3. The first-order valence-corrected chi connectivity index (χ1v) is 22.0. The van der Waals surface area contributed by atoms with Crippen molar-refractivity contribution in [1.29, 1.82) is 0 Å². The summed E-state index contributed by atoms with van der Waals surface area (Å²) in [7, 11) is 4.10. The number of hydrogen-bond acceptors (Lipinski definition) is 4. The second-order valence-electron chi connectivity index (χ2n) is 15.2. The van der Waals surface area contributed by atoms with E-state index in [9.17, 15) is 4.79 Å². The average Bonchev–Trinajstić information content (AvgIpc) is 3.10. The zero-order chi connectivity index (χ0) is 36.4. The van der Waals surface area contributed by atoms with Crippen molar-refractivity contribution < 1.29 is 14.3 Å². The lowest BCUT2D eigenvalue weighted by molar-refractivity contribution is -0.122. The molecule has 0 aliphatic carbocycles. The van der Waals surface area contributed by atoms with Crippen LogP contribution in [0.3, 0.4) is 0 Å². The molecule has 0 bridgehead atoms. The summed E-state index contributed by atoms with van der Waals surface area (Å²) in [6.45, 7) is 8.14. The van der Waals surface area contributed by atoms with Gasteiger partial charge in [-0.05, 0) is 91.3 Å². The SMILES string of the molecule is CCCCCCCCC=CCCCCCCCCOCC(CNC(=O)CCCN(C)C)OCCCCCCCCC=CCCCCCCCC. The van der Waals surface area contributed by atoms with Crippen LogP contribution < -0.4 is 5.32 Å². The van der Waals surface area contributed by atoms with Crippen molar-refractivity contribution in [2.45, 2.75) is 213 Å². The van der Waals surface area contributed by atoms with Gasteiger partial charge in [0.1, 0.15) is 0 Å². The summed E-state index contributed by atoms with van der Waals surface area (Å²) < 4.78 is 12.3. The summed E-state index contributed by atoms with van der Waals surface area (Å²) in [5.41, 5.74) is 0. The highest BCUT2D eigenvalue weighted by Crippen LogP contribution is 2.12. The normalized spacial score (nSPS) is 12.6. The van der Waals surface area contributed by atoms with E-state index < -0.39 is 0 Å². The minimum atomic E-state index is -0.0648. The Morgan fingerprint density at radius 3 is 1.38 bits per heavy atom. The van der Waals surface area contributed by atoms with Crippen molar-refractivity contribution >= 4 is 5.91 Å². The van der Waals surface area contributed by atoms with Crippen molar-refractivity contribution in [3.8, 4) is 0 Å². The molecule has 1 unspecified atom stereocenters. The lowest BCUT2D eigenvalue weighted by Crippen LogP contribution is -2.37. The highest BCUT2D eigenvalue weighted by molar-refractivity contribution is 5.75. The number of hydrogen-bond donors (Lipinski definition) is 1. The summed E-state index contributed by atoms with van der Waals surface area (Å²) in [6.07, 6.45) is 47.8. The predicted molar refractivity (Wildman–Crippen MR) is 220 cm³/mol. The summed E-state index contributed by atoms with van der Waals surface area (Å²) in [4.78, 5) is 14.5. The Morgan fingerprint density at radius 2 is 0.940 bits per heavy atom. The molecule has 0 aromatic carbocycles. The molecule has 0 aromatic heterocycles. The zero-order valence-electron chi connectivity index (χ0n) is 34.3. The quantitative estimate of drug-likeness (QED) is 0.0508. The average molecular weight is 705 g/mol. The standard InChI is InChI=1S/C45H88N2O3/c1-5-7-9-11-13-15-17-19-21-23-25-27-29-31-33-35-40-49-43-44(42-46-45(48)38-37-39-47(3)4)50-41-36-34-32-30-28-26-24-22-20-18-16-14-12-10-8-6-2/h19-22,44H,5-18,23-43H2,1-4H3,(H,46,48). The molecule has 0 spiro atoms. The Balaban J connectivity index is 3.94. The van der Waals surface area contributed by atoms with Gasteiger partial charge in [0.15, 0.2) is 0 Å². The topological polar surface area (TPSA) is 50.8 Å². The lowest BCUT2D eigenvalue weighted by atomic mass is 10.1. The molecule has 1 atom stereocenters. The van der Waals surface area contributed by atoms with Crippen molar-refractivity contribution in [3.63, 3.8) is 0 Å². The van der Waals surface area contributed by atoms with Crippen LogP contribution in [-0.2, 0) is 14.3 Å². The van der Waals surface area contributed by atoms with Crippen LogP contribution in [0.15, 0.2) is 24.3 Å². The van der Waals surface area contributed by atoms with E-state index in [4.69, 9.17) is 9.47 Å². The first-order valence-electron chi connectivity index (χ1n) is 22.0. The van der Waals surface area contributed by atoms with Gasteiger partial charge < -0.3 is 19.7 Å². The molecule has 296 valence electrons. The molecule has 0 heterocycles. The molecule has 0 aromatic rings. The molecular weight excluding hydrogens is 617 g/mol. The Kier molecular flexibility index (Phi) is 41.3. The molecule has 0 fully saturated rings. The van der Waals surface area contributed by atoms with Gasteiger partial charge in [0, 0.05) is 26.2 Å². The van der Waals surface area contributed by atoms with Gasteiger partial charge in [-0.1, -0.05) is 154 Å². The maximum absolute atomic E-state index is 12.4. The molecule has 0 saturated carbocycles. The number of rotatable bonds is 41. The first-order chi connectivity index (χ1) is 24.6. The molecule has 5 nitrogen and oxygen atoms in total. The number of carbonyl (C=O) groups excluding carboxylic acids is 1. The van der Waals surface area contributed by atoms with E-state index in [1.165, 1.54) is 167 Å². The third-order valence-electron chi connectivity index (χ3n) is 9.65. The van der Waals surface area contributed by atoms with E-state index in [0.717, 1.165) is 39.0 Å². The Labute approximate surface area is 313 Å². The van der Waals surface area contributed by atoms with Crippen LogP contribution in [0, 0.1) is 0 Å². The number of nitrogens with one attached hydrogen (secondary N) is 1. The van der Waals surface area contributed by atoms with E-state index >= 15 is 0 Å². The van der Waals surface area contributed by atoms with Gasteiger partial charge in [0.2, 0.25) is 5.91 Å².